The molecule has 0 N–H and O–H groups in total. The normalized spacial score (nSPS) is 9.94. The monoisotopic (exact) mass is 280 g/mol. The Morgan fingerprint density at radius 1 is 1.12 bits per heavy atom. The lowest BCUT2D eigenvalue weighted by Gasteiger charge is -2.11. The smallest absolute Gasteiger partial charge is 0.128 e. The van der Waals surface area contributed by atoms with E-state index < -0.39 is 0 Å². The maximum Gasteiger partial charge on any atom is 0.128 e. The van der Waals surface area contributed by atoms with Crippen LogP contribution < -0.4 is 0 Å². The summed E-state index contributed by atoms with van der Waals surface area (Å²) in [5.74, 6) is 0. The molecule has 1 aromatic heterocycles. The van der Waals surface area contributed by atoms with Gasteiger partial charge in [-0.3, -0.25) is 0 Å². The molecule has 2 rings (SSSR count). The lowest BCUT2D eigenvalue weighted by molar-refractivity contribution is 1.02. The average molecular weight is 281 g/mol. The number of hydrogen-bond acceptors (Lipinski definition) is 2. The van der Waals surface area contributed by atoms with Crippen molar-refractivity contribution < 1.29 is 0 Å². The Morgan fingerprint density at radius 3 is 2.35 bits per heavy atom. The number of halogens is 2. The molecule has 0 radical (unpaired) electrons. The largest absolute Gasteiger partial charge is 0.304 e. The molecule has 0 saturated carbocycles. The second-order valence-corrected chi connectivity index (χ2v) is 4.48. The molecule has 1 aromatic carbocycles. The third-order valence-electron chi connectivity index (χ3n) is 2.25. The Kier molecular flexibility index (Phi) is 3.49. The fraction of sp³-hybridized carbons (Fsp3) is 0. The molecule has 0 fully saturated rings. The van der Waals surface area contributed by atoms with Crippen molar-refractivity contribution in [1.82, 2.24) is 4.57 Å². The van der Waals surface area contributed by atoms with E-state index in [2.05, 4.69) is 0 Å². The first-order valence-corrected chi connectivity index (χ1v) is 5.87. The molecule has 5 heteroatoms. The van der Waals surface area contributed by atoms with Gasteiger partial charge in [0, 0.05) is 6.20 Å². The number of para-hydroxylation sites is 1. The molecule has 17 heavy (non-hydrogen) atoms. The predicted octanol–water partition coefficient (Wildman–Crippen LogP) is 4.39. The molecular formula is C12H6Cl2N2S. The molecule has 0 bridgehead atoms. The van der Waals surface area contributed by atoms with Crippen molar-refractivity contribution in [3.8, 4) is 11.8 Å². The molecular weight excluding hydrogens is 275 g/mol. The zero-order chi connectivity index (χ0) is 12.4. The van der Waals surface area contributed by atoms with E-state index in [1.54, 1.807) is 41.1 Å². The molecule has 2 aromatic rings. The second kappa shape index (κ2) is 4.89. The third-order valence-corrected chi connectivity index (χ3v) is 3.27. The minimum absolute atomic E-state index is 0.394. The van der Waals surface area contributed by atoms with Gasteiger partial charge >= 0.3 is 0 Å². The second-order valence-electron chi connectivity index (χ2n) is 3.28. The van der Waals surface area contributed by atoms with E-state index in [0.29, 0.717) is 25.9 Å². The summed E-state index contributed by atoms with van der Waals surface area (Å²) < 4.78 is 2.03. The van der Waals surface area contributed by atoms with Crippen molar-refractivity contribution in [1.29, 1.82) is 5.26 Å². The molecule has 0 unspecified atom stereocenters. The van der Waals surface area contributed by atoms with Gasteiger partial charge in [0.1, 0.15) is 10.7 Å². The Bertz CT molecular complexity index is 651. The maximum absolute atomic E-state index is 8.93. The summed E-state index contributed by atoms with van der Waals surface area (Å²) in [5.41, 5.74) is 1.01. The highest BCUT2D eigenvalue weighted by Crippen LogP contribution is 2.28. The molecule has 0 aliphatic rings. The van der Waals surface area contributed by atoms with Crippen LogP contribution in [0.3, 0.4) is 0 Å². The summed E-state index contributed by atoms with van der Waals surface area (Å²) in [6.07, 6.45) is 1.73. The predicted molar refractivity (Wildman–Crippen MR) is 71.3 cm³/mol. The molecule has 0 aliphatic carbocycles. The van der Waals surface area contributed by atoms with Crippen molar-refractivity contribution in [2.45, 2.75) is 0 Å². The quantitative estimate of drug-likeness (QED) is 0.725. The van der Waals surface area contributed by atoms with Crippen LogP contribution in [0.2, 0.25) is 10.0 Å². The van der Waals surface area contributed by atoms with Crippen LogP contribution in [-0.2, 0) is 0 Å². The average Bonchev–Trinajstić information content (AvgIpc) is 2.31. The minimum atomic E-state index is 0.394. The van der Waals surface area contributed by atoms with Crippen molar-refractivity contribution >= 4 is 35.4 Å². The van der Waals surface area contributed by atoms with Crippen LogP contribution in [-0.4, -0.2) is 4.57 Å². The van der Waals surface area contributed by atoms with Crippen LogP contribution in [0, 0.1) is 16.0 Å². The van der Waals surface area contributed by atoms with Gasteiger partial charge in [-0.25, -0.2) is 0 Å². The van der Waals surface area contributed by atoms with Gasteiger partial charge in [-0.05, 0) is 24.3 Å². The summed E-state index contributed by atoms with van der Waals surface area (Å²) in [6, 6.07) is 10.6. The van der Waals surface area contributed by atoms with Crippen LogP contribution >= 0.6 is 35.4 Å². The Labute approximate surface area is 114 Å². The number of pyridine rings is 1. The Morgan fingerprint density at radius 2 is 1.76 bits per heavy atom. The van der Waals surface area contributed by atoms with E-state index in [4.69, 9.17) is 40.7 Å². The SMILES string of the molecule is N#Cc1cccn(-c2c(Cl)cccc2Cl)c1=S. The van der Waals surface area contributed by atoms with Gasteiger partial charge in [0.05, 0.1) is 21.3 Å². The number of aromatic nitrogens is 1. The number of nitriles is 1. The molecule has 84 valence electrons. The van der Waals surface area contributed by atoms with Gasteiger partial charge in [-0.15, -0.1) is 0 Å². The molecule has 0 aliphatic heterocycles. The number of nitrogens with zero attached hydrogens (tertiary/aromatic N) is 2. The van der Waals surface area contributed by atoms with Crippen LogP contribution in [0.15, 0.2) is 36.5 Å². The highest BCUT2D eigenvalue weighted by atomic mass is 35.5. The van der Waals surface area contributed by atoms with Crippen molar-refractivity contribution in [3.63, 3.8) is 0 Å². The van der Waals surface area contributed by atoms with E-state index in [1.807, 2.05) is 6.07 Å². The lowest BCUT2D eigenvalue weighted by atomic mass is 10.2. The van der Waals surface area contributed by atoms with E-state index >= 15 is 0 Å². The number of hydrogen-bond donors (Lipinski definition) is 0. The zero-order valence-electron chi connectivity index (χ0n) is 8.52. The minimum Gasteiger partial charge on any atom is -0.304 e. The van der Waals surface area contributed by atoms with E-state index in [-0.39, 0.29) is 0 Å². The standard InChI is InChI=1S/C12H6Cl2N2S/c13-9-4-1-5-10(14)11(9)16-6-2-3-8(7-15)12(16)17/h1-6H. The van der Waals surface area contributed by atoms with Gasteiger partial charge in [0.25, 0.3) is 0 Å². The van der Waals surface area contributed by atoms with E-state index in [0.717, 1.165) is 0 Å². The molecule has 0 saturated heterocycles. The van der Waals surface area contributed by atoms with Crippen LogP contribution in [0.4, 0.5) is 0 Å². The first kappa shape index (κ1) is 12.1. The lowest BCUT2D eigenvalue weighted by Crippen LogP contribution is -1.99. The summed E-state index contributed by atoms with van der Waals surface area (Å²) in [6.45, 7) is 0. The van der Waals surface area contributed by atoms with E-state index in [9.17, 15) is 0 Å². The maximum atomic E-state index is 8.93. The van der Waals surface area contributed by atoms with E-state index in [1.165, 1.54) is 0 Å². The first-order chi connectivity index (χ1) is 8.15. The van der Waals surface area contributed by atoms with Crippen LogP contribution in [0.1, 0.15) is 5.56 Å². The van der Waals surface area contributed by atoms with Crippen LogP contribution in [0.5, 0.6) is 0 Å². The fourth-order valence-corrected chi connectivity index (χ4v) is 2.32. The highest BCUT2D eigenvalue weighted by Gasteiger charge is 2.09. The van der Waals surface area contributed by atoms with Gasteiger partial charge in [0.15, 0.2) is 0 Å². The van der Waals surface area contributed by atoms with Crippen molar-refractivity contribution in [3.05, 3.63) is 56.8 Å². The molecule has 0 spiro atoms. The molecule has 1 heterocycles. The molecule has 0 atom stereocenters. The molecule has 2 nitrogen and oxygen atoms in total. The molecule has 0 amide bonds. The summed E-state index contributed by atoms with van der Waals surface area (Å²) in [4.78, 5) is 0. The van der Waals surface area contributed by atoms with Gasteiger partial charge < -0.3 is 4.57 Å². The van der Waals surface area contributed by atoms with Gasteiger partial charge in [0.2, 0.25) is 0 Å². The van der Waals surface area contributed by atoms with Crippen molar-refractivity contribution in [2.24, 2.45) is 0 Å². The number of rotatable bonds is 1. The highest BCUT2D eigenvalue weighted by molar-refractivity contribution is 7.71. The van der Waals surface area contributed by atoms with Crippen LogP contribution in [0.25, 0.3) is 5.69 Å². The first-order valence-electron chi connectivity index (χ1n) is 4.71. The van der Waals surface area contributed by atoms with Gasteiger partial charge in [-0.1, -0.05) is 41.5 Å². The summed E-state index contributed by atoms with van der Waals surface area (Å²) in [5, 5.41) is 9.91. The van der Waals surface area contributed by atoms with Gasteiger partial charge in [-0.2, -0.15) is 5.26 Å². The third kappa shape index (κ3) is 2.20. The Hall–Kier alpha value is -1.34. The van der Waals surface area contributed by atoms with Crippen molar-refractivity contribution in [2.75, 3.05) is 0 Å². The Balaban J connectivity index is 2.79. The summed E-state index contributed by atoms with van der Waals surface area (Å²) >= 11 is 17.4. The number of benzene rings is 1. The topological polar surface area (TPSA) is 28.7 Å². The fourth-order valence-electron chi connectivity index (χ4n) is 1.47. The zero-order valence-corrected chi connectivity index (χ0v) is 10.9. The summed E-state index contributed by atoms with van der Waals surface area (Å²) in [7, 11) is 0.